The predicted octanol–water partition coefficient (Wildman–Crippen LogP) is 1.65. The molecule has 5 nitrogen and oxygen atoms in total. The minimum Gasteiger partial charge on any atom is -0.337 e. The average Bonchev–Trinajstić information content (AvgIpc) is 2.56. The molecule has 1 aliphatic rings. The van der Waals surface area contributed by atoms with Gasteiger partial charge in [-0.25, -0.2) is 0 Å². The van der Waals surface area contributed by atoms with Crippen molar-refractivity contribution >= 4 is 17.5 Å². The van der Waals surface area contributed by atoms with Crippen LogP contribution in [0.25, 0.3) is 0 Å². The SMILES string of the molecule is Cc1cccc(C)c1NC(=O)C[NH+](C)[C@@H](C)C(=O)N1C[C@H](C)C[C@H](C)C1. The number of rotatable bonds is 5. The number of nitrogens with zero attached hydrogens (tertiary/aromatic N) is 1. The zero-order chi connectivity index (χ0) is 19.4. The van der Waals surface area contributed by atoms with Crippen LogP contribution in [-0.2, 0) is 9.59 Å². The fourth-order valence-electron chi connectivity index (χ4n) is 3.93. The number of aryl methyl sites for hydroxylation is 2. The van der Waals surface area contributed by atoms with Crippen LogP contribution >= 0.6 is 0 Å². The van der Waals surface area contributed by atoms with Gasteiger partial charge in [0.05, 0.1) is 7.05 Å². The predicted molar refractivity (Wildman–Crippen MR) is 105 cm³/mol. The molecule has 5 heteroatoms. The lowest BCUT2D eigenvalue weighted by Gasteiger charge is -2.36. The molecule has 0 bridgehead atoms. The first-order chi connectivity index (χ1) is 12.2. The fourth-order valence-corrected chi connectivity index (χ4v) is 3.93. The Morgan fingerprint density at radius 3 is 2.27 bits per heavy atom. The third kappa shape index (κ3) is 5.07. The van der Waals surface area contributed by atoms with Gasteiger partial charge in [-0.1, -0.05) is 32.0 Å². The van der Waals surface area contributed by atoms with Crippen LogP contribution in [0.2, 0.25) is 0 Å². The number of benzene rings is 1. The smallest absolute Gasteiger partial charge is 0.280 e. The van der Waals surface area contributed by atoms with E-state index >= 15 is 0 Å². The van der Waals surface area contributed by atoms with E-state index in [4.69, 9.17) is 0 Å². The highest BCUT2D eigenvalue weighted by molar-refractivity contribution is 5.93. The molecule has 26 heavy (non-hydrogen) atoms. The van der Waals surface area contributed by atoms with E-state index < -0.39 is 0 Å². The summed E-state index contributed by atoms with van der Waals surface area (Å²) in [5, 5.41) is 3.01. The molecule has 0 aromatic heterocycles. The molecule has 1 unspecified atom stereocenters. The second-order valence-corrected chi connectivity index (χ2v) is 8.25. The number of likely N-dealkylation sites (tertiary alicyclic amines) is 1. The van der Waals surface area contributed by atoms with Crippen LogP contribution < -0.4 is 10.2 Å². The molecule has 2 N–H and O–H groups in total. The topological polar surface area (TPSA) is 53.9 Å². The molecule has 144 valence electrons. The minimum absolute atomic E-state index is 0.0556. The monoisotopic (exact) mass is 360 g/mol. The van der Waals surface area contributed by atoms with Gasteiger partial charge >= 0.3 is 0 Å². The molecule has 0 saturated carbocycles. The van der Waals surface area contributed by atoms with Crippen molar-refractivity contribution in [1.29, 1.82) is 0 Å². The first-order valence-corrected chi connectivity index (χ1v) is 9.66. The van der Waals surface area contributed by atoms with Crippen LogP contribution in [-0.4, -0.2) is 49.4 Å². The van der Waals surface area contributed by atoms with E-state index in [1.807, 2.05) is 50.9 Å². The van der Waals surface area contributed by atoms with Gasteiger partial charge in [-0.2, -0.15) is 0 Å². The van der Waals surface area contributed by atoms with Gasteiger partial charge < -0.3 is 15.1 Å². The van der Waals surface area contributed by atoms with Crippen LogP contribution in [0, 0.1) is 25.7 Å². The molecule has 1 aliphatic heterocycles. The lowest BCUT2D eigenvalue weighted by Crippen LogP contribution is -3.15. The van der Waals surface area contributed by atoms with Gasteiger partial charge in [-0.05, 0) is 50.2 Å². The van der Waals surface area contributed by atoms with E-state index in [1.165, 1.54) is 6.42 Å². The Kier molecular flexibility index (Phi) is 6.81. The number of piperidine rings is 1. The maximum Gasteiger partial charge on any atom is 0.280 e. The van der Waals surface area contributed by atoms with Crippen molar-refractivity contribution in [3.05, 3.63) is 29.3 Å². The Morgan fingerprint density at radius 2 is 1.73 bits per heavy atom. The zero-order valence-electron chi connectivity index (χ0n) is 17.1. The van der Waals surface area contributed by atoms with Crippen LogP contribution in [0.1, 0.15) is 38.3 Å². The van der Waals surface area contributed by atoms with Crippen molar-refractivity contribution in [2.75, 3.05) is 32.0 Å². The third-order valence-corrected chi connectivity index (χ3v) is 5.48. The summed E-state index contributed by atoms with van der Waals surface area (Å²) in [5.41, 5.74) is 2.98. The molecule has 0 spiro atoms. The standard InChI is InChI=1S/C21H33N3O2/c1-14-10-15(2)12-24(11-14)21(26)18(5)23(6)13-19(25)22-20-16(3)8-7-9-17(20)4/h7-9,14-15,18H,10-13H2,1-6H3,(H,22,25)/p+1/t14-,15+,18-/m0/s1. The number of anilines is 1. The molecule has 1 aromatic rings. The third-order valence-electron chi connectivity index (χ3n) is 5.48. The number of carbonyl (C=O) groups excluding carboxylic acids is 2. The number of quaternary nitrogens is 1. The van der Waals surface area contributed by atoms with Crippen LogP contribution in [0.5, 0.6) is 0 Å². The number of hydrogen-bond donors (Lipinski definition) is 2. The first kappa shape index (κ1) is 20.4. The molecular weight excluding hydrogens is 326 g/mol. The van der Waals surface area contributed by atoms with Gasteiger partial charge in [-0.15, -0.1) is 0 Å². The minimum atomic E-state index is -0.226. The van der Waals surface area contributed by atoms with E-state index in [2.05, 4.69) is 19.2 Å². The number of para-hydroxylation sites is 1. The van der Waals surface area contributed by atoms with Gasteiger partial charge in [-0.3, -0.25) is 9.59 Å². The van der Waals surface area contributed by atoms with Crippen molar-refractivity contribution in [1.82, 2.24) is 4.90 Å². The highest BCUT2D eigenvalue weighted by Gasteiger charge is 2.32. The Balaban J connectivity index is 1.94. The lowest BCUT2D eigenvalue weighted by molar-refractivity contribution is -0.886. The number of hydrogen-bond acceptors (Lipinski definition) is 2. The first-order valence-electron chi connectivity index (χ1n) is 9.66. The van der Waals surface area contributed by atoms with E-state index in [0.717, 1.165) is 34.8 Å². The molecule has 0 radical (unpaired) electrons. The van der Waals surface area contributed by atoms with Gasteiger partial charge in [0.15, 0.2) is 12.6 Å². The van der Waals surface area contributed by atoms with Crippen molar-refractivity contribution in [3.63, 3.8) is 0 Å². The normalized spacial score (nSPS) is 22.6. The van der Waals surface area contributed by atoms with E-state index in [9.17, 15) is 9.59 Å². The van der Waals surface area contributed by atoms with Crippen molar-refractivity contribution < 1.29 is 14.5 Å². The summed E-state index contributed by atoms with van der Waals surface area (Å²) >= 11 is 0. The molecule has 2 amide bonds. The fraction of sp³-hybridized carbons (Fsp3) is 0.619. The van der Waals surface area contributed by atoms with E-state index in [-0.39, 0.29) is 24.4 Å². The Bertz CT molecular complexity index is 628. The van der Waals surface area contributed by atoms with E-state index in [1.54, 1.807) is 0 Å². The number of carbonyl (C=O) groups is 2. The van der Waals surface area contributed by atoms with Gasteiger partial charge in [0.2, 0.25) is 0 Å². The Morgan fingerprint density at radius 1 is 1.19 bits per heavy atom. The largest absolute Gasteiger partial charge is 0.337 e. The Labute approximate surface area is 157 Å². The summed E-state index contributed by atoms with van der Waals surface area (Å²) in [5.74, 6) is 1.19. The number of nitrogens with one attached hydrogen (secondary N) is 2. The highest BCUT2D eigenvalue weighted by atomic mass is 16.2. The second kappa shape index (κ2) is 8.67. The molecule has 1 aromatic carbocycles. The summed E-state index contributed by atoms with van der Waals surface area (Å²) in [4.78, 5) is 28.2. The number of likely N-dealkylation sites (N-methyl/N-ethyl adjacent to an activating group) is 1. The quantitative estimate of drug-likeness (QED) is 0.839. The highest BCUT2D eigenvalue weighted by Crippen LogP contribution is 2.21. The zero-order valence-corrected chi connectivity index (χ0v) is 17.1. The maximum atomic E-state index is 12.9. The molecule has 2 rings (SSSR count). The second-order valence-electron chi connectivity index (χ2n) is 8.25. The summed E-state index contributed by atoms with van der Waals surface area (Å²) in [6.45, 7) is 12.2. The van der Waals surface area contributed by atoms with Gasteiger partial charge in [0, 0.05) is 18.8 Å². The molecule has 1 fully saturated rings. The van der Waals surface area contributed by atoms with Crippen LogP contribution in [0.3, 0.4) is 0 Å². The van der Waals surface area contributed by atoms with Gasteiger partial charge in [0.25, 0.3) is 11.8 Å². The van der Waals surface area contributed by atoms with Crippen LogP contribution in [0.4, 0.5) is 5.69 Å². The molecule has 0 aliphatic carbocycles. The number of amides is 2. The lowest BCUT2D eigenvalue weighted by atomic mass is 9.91. The van der Waals surface area contributed by atoms with Crippen molar-refractivity contribution in [2.45, 2.75) is 47.1 Å². The summed E-state index contributed by atoms with van der Waals surface area (Å²) < 4.78 is 0. The molecule has 1 saturated heterocycles. The molecular formula is C21H34N3O2+. The van der Waals surface area contributed by atoms with Crippen molar-refractivity contribution in [3.8, 4) is 0 Å². The van der Waals surface area contributed by atoms with Crippen molar-refractivity contribution in [2.24, 2.45) is 11.8 Å². The maximum absolute atomic E-state index is 12.9. The van der Waals surface area contributed by atoms with E-state index in [0.29, 0.717) is 11.8 Å². The summed E-state index contributed by atoms with van der Waals surface area (Å²) in [6, 6.07) is 5.74. The molecule has 1 heterocycles. The van der Waals surface area contributed by atoms with Crippen LogP contribution in [0.15, 0.2) is 18.2 Å². The van der Waals surface area contributed by atoms with Gasteiger partial charge in [0.1, 0.15) is 0 Å². The Hall–Kier alpha value is -1.88. The average molecular weight is 361 g/mol. The molecule has 4 atom stereocenters. The summed E-state index contributed by atoms with van der Waals surface area (Å²) in [7, 11) is 1.92. The summed E-state index contributed by atoms with van der Waals surface area (Å²) in [6.07, 6.45) is 1.18.